The summed E-state index contributed by atoms with van der Waals surface area (Å²) in [4.78, 5) is 26.7. The summed E-state index contributed by atoms with van der Waals surface area (Å²) in [6.07, 6.45) is 0. The average molecular weight is 401 g/mol. The molecule has 0 radical (unpaired) electrons. The van der Waals surface area contributed by atoms with Gasteiger partial charge in [0.15, 0.2) is 0 Å². The lowest BCUT2D eigenvalue weighted by Gasteiger charge is -2.28. The molecule has 2 aromatic carbocycles. The van der Waals surface area contributed by atoms with Crippen molar-refractivity contribution in [1.29, 1.82) is 0 Å². The second kappa shape index (κ2) is 10.8. The van der Waals surface area contributed by atoms with Gasteiger partial charge in [0.05, 0.1) is 12.9 Å². The molecule has 2 aromatic rings. The topological polar surface area (TPSA) is 58.6 Å². The van der Waals surface area contributed by atoms with Crippen LogP contribution in [0.5, 0.6) is 5.75 Å². The summed E-state index contributed by atoms with van der Waals surface area (Å²) in [5.74, 6) is 1.57. The second-order valence-electron chi connectivity index (χ2n) is 6.58. The smallest absolute Gasteiger partial charge is 0.242 e. The van der Waals surface area contributed by atoms with Crippen LogP contribution in [0.4, 0.5) is 0 Å². The minimum absolute atomic E-state index is 0.0579. The first kappa shape index (κ1) is 21.8. The molecule has 0 aromatic heterocycles. The van der Waals surface area contributed by atoms with E-state index in [4.69, 9.17) is 4.74 Å². The van der Waals surface area contributed by atoms with E-state index in [1.54, 1.807) is 37.7 Å². The van der Waals surface area contributed by atoms with Crippen LogP contribution in [0.1, 0.15) is 23.6 Å². The molecule has 6 heteroatoms. The van der Waals surface area contributed by atoms with Gasteiger partial charge in [-0.15, -0.1) is 11.8 Å². The Balaban J connectivity index is 2.08. The normalized spacial score (nSPS) is 11.6. The molecule has 28 heavy (non-hydrogen) atoms. The summed E-state index contributed by atoms with van der Waals surface area (Å²) in [7, 11) is 3.19. The standard InChI is InChI=1S/C22H28N2O3S/c1-16-8-5-6-10-19(16)14-28-15-21(25)24(17(2)22(26)23-3)13-18-9-7-11-20(12-18)27-4/h5-12,17H,13-15H2,1-4H3,(H,23,26)/t17-/m1/s1. The van der Waals surface area contributed by atoms with Gasteiger partial charge in [-0.1, -0.05) is 36.4 Å². The number of thioether (sulfide) groups is 1. The molecule has 0 fully saturated rings. The summed E-state index contributed by atoms with van der Waals surface area (Å²) in [5.41, 5.74) is 3.36. The Morgan fingerprint density at radius 1 is 1.18 bits per heavy atom. The van der Waals surface area contributed by atoms with Gasteiger partial charge in [0.2, 0.25) is 11.8 Å². The first-order valence-corrected chi connectivity index (χ1v) is 10.4. The van der Waals surface area contributed by atoms with Gasteiger partial charge < -0.3 is 15.0 Å². The van der Waals surface area contributed by atoms with Crippen LogP contribution < -0.4 is 10.1 Å². The number of hydrogen-bond acceptors (Lipinski definition) is 4. The largest absolute Gasteiger partial charge is 0.497 e. The average Bonchev–Trinajstić information content (AvgIpc) is 2.72. The van der Waals surface area contributed by atoms with Crippen LogP contribution >= 0.6 is 11.8 Å². The molecule has 1 N–H and O–H groups in total. The maximum absolute atomic E-state index is 12.9. The Morgan fingerprint density at radius 2 is 1.93 bits per heavy atom. The van der Waals surface area contributed by atoms with Gasteiger partial charge in [-0.3, -0.25) is 9.59 Å². The van der Waals surface area contributed by atoms with Crippen LogP contribution in [0.3, 0.4) is 0 Å². The number of likely N-dealkylation sites (N-methyl/N-ethyl adjacent to an activating group) is 1. The number of amides is 2. The van der Waals surface area contributed by atoms with Gasteiger partial charge in [0.25, 0.3) is 0 Å². The van der Waals surface area contributed by atoms with Gasteiger partial charge >= 0.3 is 0 Å². The van der Waals surface area contributed by atoms with E-state index in [9.17, 15) is 9.59 Å². The van der Waals surface area contributed by atoms with Crippen molar-refractivity contribution >= 4 is 23.6 Å². The Kier molecular flexibility index (Phi) is 8.39. The van der Waals surface area contributed by atoms with Crippen molar-refractivity contribution in [3.8, 4) is 5.75 Å². The third-order valence-electron chi connectivity index (χ3n) is 4.65. The number of methoxy groups -OCH3 is 1. The summed E-state index contributed by atoms with van der Waals surface area (Å²) in [6.45, 7) is 4.18. The Labute approximate surface area is 171 Å². The zero-order valence-electron chi connectivity index (χ0n) is 16.9. The van der Waals surface area contributed by atoms with Crippen molar-refractivity contribution in [1.82, 2.24) is 10.2 Å². The molecule has 0 spiro atoms. The summed E-state index contributed by atoms with van der Waals surface area (Å²) >= 11 is 1.56. The summed E-state index contributed by atoms with van der Waals surface area (Å²) in [6, 6.07) is 15.2. The van der Waals surface area contributed by atoms with Gasteiger partial charge in [-0.05, 0) is 42.7 Å². The van der Waals surface area contributed by atoms with Crippen molar-refractivity contribution < 1.29 is 14.3 Å². The predicted octanol–water partition coefficient (Wildman–Crippen LogP) is 3.40. The van der Waals surface area contributed by atoms with Crippen LogP contribution in [-0.2, 0) is 21.9 Å². The molecule has 1 atom stereocenters. The highest BCUT2D eigenvalue weighted by Crippen LogP contribution is 2.19. The zero-order valence-corrected chi connectivity index (χ0v) is 17.7. The molecule has 0 aliphatic heterocycles. The number of nitrogens with zero attached hydrogens (tertiary/aromatic N) is 1. The third kappa shape index (κ3) is 6.02. The van der Waals surface area contributed by atoms with Crippen LogP contribution in [0.15, 0.2) is 48.5 Å². The Hall–Kier alpha value is -2.47. The molecule has 0 aliphatic carbocycles. The maximum atomic E-state index is 12.9. The van der Waals surface area contributed by atoms with E-state index < -0.39 is 6.04 Å². The van der Waals surface area contributed by atoms with Crippen molar-refractivity contribution in [2.45, 2.75) is 32.2 Å². The highest BCUT2D eigenvalue weighted by atomic mass is 32.2. The van der Waals surface area contributed by atoms with E-state index in [-0.39, 0.29) is 11.8 Å². The van der Waals surface area contributed by atoms with E-state index >= 15 is 0 Å². The van der Waals surface area contributed by atoms with Crippen LogP contribution in [0.25, 0.3) is 0 Å². The Morgan fingerprint density at radius 3 is 2.61 bits per heavy atom. The maximum Gasteiger partial charge on any atom is 0.242 e. The molecule has 0 unspecified atom stereocenters. The first-order chi connectivity index (χ1) is 13.5. The Bertz CT molecular complexity index is 810. The van der Waals surface area contributed by atoms with Crippen LogP contribution in [0.2, 0.25) is 0 Å². The van der Waals surface area contributed by atoms with E-state index in [2.05, 4.69) is 24.4 Å². The number of nitrogens with one attached hydrogen (secondary N) is 1. The molecule has 5 nitrogen and oxygen atoms in total. The van der Waals surface area contributed by atoms with Gasteiger partial charge in [0.1, 0.15) is 11.8 Å². The molecule has 0 aliphatic rings. The first-order valence-electron chi connectivity index (χ1n) is 9.22. The lowest BCUT2D eigenvalue weighted by molar-refractivity contribution is -0.138. The van der Waals surface area contributed by atoms with Crippen molar-refractivity contribution in [3.63, 3.8) is 0 Å². The molecule has 0 saturated carbocycles. The molecule has 0 saturated heterocycles. The summed E-state index contributed by atoms with van der Waals surface area (Å²) in [5, 5.41) is 2.63. The predicted molar refractivity (Wildman–Crippen MR) is 114 cm³/mol. The molecule has 150 valence electrons. The monoisotopic (exact) mass is 400 g/mol. The number of ether oxygens (including phenoxy) is 1. The molecule has 0 heterocycles. The SMILES string of the molecule is CNC(=O)[C@@H](C)N(Cc1cccc(OC)c1)C(=O)CSCc1ccccc1C. The minimum atomic E-state index is -0.553. The zero-order chi connectivity index (χ0) is 20.5. The molecule has 2 rings (SSSR count). The fourth-order valence-electron chi connectivity index (χ4n) is 2.86. The molecular formula is C22H28N2O3S. The number of benzene rings is 2. The van der Waals surface area contributed by atoms with Gasteiger partial charge in [0, 0.05) is 19.3 Å². The minimum Gasteiger partial charge on any atom is -0.497 e. The molecular weight excluding hydrogens is 372 g/mol. The lowest BCUT2D eigenvalue weighted by atomic mass is 10.1. The van der Waals surface area contributed by atoms with Crippen LogP contribution in [0, 0.1) is 6.92 Å². The molecule has 0 bridgehead atoms. The van der Waals surface area contributed by atoms with E-state index in [0.29, 0.717) is 12.3 Å². The van der Waals surface area contributed by atoms with Crippen molar-refractivity contribution in [2.24, 2.45) is 0 Å². The summed E-state index contributed by atoms with van der Waals surface area (Å²) < 4.78 is 5.26. The van der Waals surface area contributed by atoms with E-state index in [1.807, 2.05) is 36.4 Å². The number of carbonyl (C=O) groups is 2. The fraction of sp³-hybridized carbons (Fsp3) is 0.364. The number of aryl methyl sites for hydroxylation is 1. The lowest BCUT2D eigenvalue weighted by Crippen LogP contribution is -2.47. The quantitative estimate of drug-likeness (QED) is 0.701. The van der Waals surface area contributed by atoms with Gasteiger partial charge in [-0.2, -0.15) is 0 Å². The van der Waals surface area contributed by atoms with Crippen molar-refractivity contribution in [3.05, 3.63) is 65.2 Å². The highest BCUT2D eigenvalue weighted by Gasteiger charge is 2.25. The van der Waals surface area contributed by atoms with E-state index in [1.165, 1.54) is 11.1 Å². The molecule has 2 amide bonds. The van der Waals surface area contributed by atoms with Crippen molar-refractivity contribution in [2.75, 3.05) is 19.9 Å². The van der Waals surface area contributed by atoms with Gasteiger partial charge in [-0.25, -0.2) is 0 Å². The number of rotatable bonds is 9. The van der Waals surface area contributed by atoms with Crippen LogP contribution in [-0.4, -0.2) is 42.7 Å². The highest BCUT2D eigenvalue weighted by molar-refractivity contribution is 7.99. The third-order valence-corrected chi connectivity index (χ3v) is 5.61. The number of hydrogen-bond donors (Lipinski definition) is 1. The number of carbonyl (C=O) groups excluding carboxylic acids is 2. The van der Waals surface area contributed by atoms with E-state index in [0.717, 1.165) is 17.1 Å². The fourth-order valence-corrected chi connectivity index (χ4v) is 3.85. The second-order valence-corrected chi connectivity index (χ2v) is 7.57.